The maximum absolute atomic E-state index is 10.7. The maximum atomic E-state index is 10.7. The summed E-state index contributed by atoms with van der Waals surface area (Å²) in [6.07, 6.45) is -1.48. The number of carbonyl (C=O) groups is 1. The molecule has 0 spiro atoms. The molecule has 1 rings (SSSR count). The summed E-state index contributed by atoms with van der Waals surface area (Å²) >= 11 is 0. The lowest BCUT2D eigenvalue weighted by Crippen LogP contribution is -2.35. The molecule has 111 valence electrons. The molecule has 0 heterocycles. The number of rotatable bonds is 5. The van der Waals surface area contributed by atoms with Crippen molar-refractivity contribution in [1.29, 1.82) is 0 Å². The average molecular weight is 295 g/mol. The van der Waals surface area contributed by atoms with Crippen molar-refractivity contribution in [3.05, 3.63) is 29.8 Å². The Morgan fingerprint density at radius 2 is 1.70 bits per heavy atom. The second-order valence-electron chi connectivity index (χ2n) is 6.18. The van der Waals surface area contributed by atoms with Gasteiger partial charge in [-0.3, -0.25) is 0 Å². The minimum atomic E-state index is -1.48. The Kier molecular flexibility index (Phi) is 5.36. The van der Waals surface area contributed by atoms with Gasteiger partial charge in [0.05, 0.1) is 0 Å². The molecular weight excluding hydrogens is 272 g/mol. The Morgan fingerprint density at radius 1 is 1.20 bits per heavy atom. The summed E-state index contributed by atoms with van der Waals surface area (Å²) in [5.74, 6) is -0.524. The molecule has 1 aromatic carbocycles. The number of aliphatic hydroxyl groups is 1. The fraction of sp³-hybridized carbons (Fsp3) is 0.533. The number of benzene rings is 1. The fourth-order valence-electron chi connectivity index (χ4n) is 2.12. The van der Waals surface area contributed by atoms with E-state index in [0.717, 1.165) is 5.75 Å². The summed E-state index contributed by atoms with van der Waals surface area (Å²) in [7, 11) is -1.06. The van der Waals surface area contributed by atoms with Gasteiger partial charge in [-0.05, 0) is 28.3 Å². The van der Waals surface area contributed by atoms with Gasteiger partial charge in [0.1, 0.15) is 5.75 Å². The van der Waals surface area contributed by atoms with Gasteiger partial charge >= 0.3 is 5.97 Å². The van der Waals surface area contributed by atoms with Crippen LogP contribution < -0.4 is 4.43 Å². The Labute approximate surface area is 122 Å². The molecule has 1 aromatic rings. The molecule has 0 bridgehead atoms. The first kappa shape index (κ1) is 16.7. The summed E-state index contributed by atoms with van der Waals surface area (Å²) in [4.78, 5) is 10.7. The lowest BCUT2D eigenvalue weighted by atomic mass is 10.1. The summed E-state index contributed by atoms with van der Waals surface area (Å²) < 4.78 is 6.11. The van der Waals surface area contributed by atoms with Crippen LogP contribution >= 0.6 is 0 Å². The monoisotopic (exact) mass is 295 g/mol. The molecule has 0 saturated carbocycles. The smallest absolute Gasteiger partial charge is 0.337 e. The van der Waals surface area contributed by atoms with E-state index in [2.05, 4.69) is 34.6 Å². The summed E-state index contributed by atoms with van der Waals surface area (Å²) in [5, 5.41) is 18.3. The van der Waals surface area contributed by atoms with Crippen LogP contribution in [0.2, 0.25) is 10.6 Å². The van der Waals surface area contributed by atoms with Crippen LogP contribution in [-0.4, -0.2) is 25.2 Å². The lowest BCUT2D eigenvalue weighted by molar-refractivity contribution is -0.146. The summed E-state index contributed by atoms with van der Waals surface area (Å²) in [6.45, 7) is 10.8. The molecule has 0 amide bonds. The molecule has 0 aromatic heterocycles. The van der Waals surface area contributed by atoms with E-state index in [4.69, 9.17) is 9.53 Å². The second-order valence-corrected chi connectivity index (χ2v) is 9.77. The highest BCUT2D eigenvalue weighted by Gasteiger charge is 2.34. The molecule has 0 fully saturated rings. The van der Waals surface area contributed by atoms with Crippen molar-refractivity contribution < 1.29 is 19.4 Å². The molecule has 1 radical (unpaired) electrons. The number of hydrogen-bond donors (Lipinski definition) is 2. The van der Waals surface area contributed by atoms with Crippen LogP contribution in [0.25, 0.3) is 0 Å². The zero-order chi connectivity index (χ0) is 15.5. The van der Waals surface area contributed by atoms with E-state index in [-0.39, 0.29) is 5.04 Å². The molecule has 0 aliphatic rings. The van der Waals surface area contributed by atoms with E-state index < -0.39 is 21.1 Å². The predicted octanol–water partition coefficient (Wildman–Crippen LogP) is 3.39. The van der Waals surface area contributed by atoms with E-state index in [1.54, 1.807) is 24.3 Å². The van der Waals surface area contributed by atoms with E-state index in [1.807, 2.05) is 0 Å². The van der Waals surface area contributed by atoms with Crippen LogP contribution in [0.5, 0.6) is 5.75 Å². The highest BCUT2D eigenvalue weighted by Crippen LogP contribution is 2.35. The zero-order valence-corrected chi connectivity index (χ0v) is 13.7. The largest absolute Gasteiger partial charge is 0.541 e. The van der Waals surface area contributed by atoms with E-state index in [9.17, 15) is 9.90 Å². The molecule has 5 heteroatoms. The van der Waals surface area contributed by atoms with Gasteiger partial charge in [-0.25, -0.2) is 4.79 Å². The van der Waals surface area contributed by atoms with Gasteiger partial charge in [-0.15, -0.1) is 0 Å². The Bertz CT molecular complexity index is 448. The van der Waals surface area contributed by atoms with Crippen molar-refractivity contribution in [3.8, 4) is 5.75 Å². The van der Waals surface area contributed by atoms with Crippen molar-refractivity contribution in [3.63, 3.8) is 0 Å². The molecule has 0 saturated heterocycles. The minimum absolute atomic E-state index is 0.109. The molecule has 20 heavy (non-hydrogen) atoms. The number of hydrogen-bond acceptors (Lipinski definition) is 3. The van der Waals surface area contributed by atoms with Gasteiger partial charge in [0, 0.05) is 0 Å². The molecule has 0 aliphatic carbocycles. The predicted molar refractivity (Wildman–Crippen MR) is 80.2 cm³/mol. The third-order valence-electron chi connectivity index (χ3n) is 2.92. The molecule has 1 atom stereocenters. The third kappa shape index (κ3) is 4.35. The molecule has 1 unspecified atom stereocenters. The minimum Gasteiger partial charge on any atom is -0.541 e. The van der Waals surface area contributed by atoms with Crippen LogP contribution in [0, 0.1) is 0 Å². The maximum Gasteiger partial charge on any atom is 0.337 e. The topological polar surface area (TPSA) is 66.8 Å². The SMILES string of the molecule is CC(C)[Si](Oc1ccc(C(O)C(=O)O)cc1)C(C)(C)C. The Balaban J connectivity index is 2.86. The van der Waals surface area contributed by atoms with Crippen molar-refractivity contribution >= 4 is 15.0 Å². The highest BCUT2D eigenvalue weighted by molar-refractivity contribution is 6.57. The number of carboxylic acids is 1. The average Bonchev–Trinajstić information content (AvgIpc) is 2.33. The van der Waals surface area contributed by atoms with E-state index in [0.29, 0.717) is 11.1 Å². The van der Waals surface area contributed by atoms with Gasteiger partial charge in [0.25, 0.3) is 9.04 Å². The Hall–Kier alpha value is -1.33. The van der Waals surface area contributed by atoms with Crippen LogP contribution in [0.15, 0.2) is 24.3 Å². The zero-order valence-electron chi connectivity index (χ0n) is 12.7. The molecule has 2 N–H and O–H groups in total. The van der Waals surface area contributed by atoms with Crippen molar-refractivity contribution in [2.75, 3.05) is 0 Å². The van der Waals surface area contributed by atoms with Crippen LogP contribution in [0.4, 0.5) is 0 Å². The first-order chi connectivity index (χ1) is 9.12. The van der Waals surface area contributed by atoms with E-state index in [1.165, 1.54) is 0 Å². The third-order valence-corrected chi connectivity index (χ3v) is 5.90. The standard InChI is InChI=1S/C15H23O4Si/c1-10(2)20(15(3,4)5)19-12-8-6-11(7-9-12)13(16)14(17)18/h6-10,13,16H,1-5H3,(H,17,18). The molecule has 0 aliphatic heterocycles. The van der Waals surface area contributed by atoms with Gasteiger partial charge in [0.2, 0.25) is 0 Å². The fourth-order valence-corrected chi connectivity index (χ4v) is 4.79. The van der Waals surface area contributed by atoms with Gasteiger partial charge < -0.3 is 14.6 Å². The highest BCUT2D eigenvalue weighted by atomic mass is 28.3. The van der Waals surface area contributed by atoms with Gasteiger partial charge in [0.15, 0.2) is 6.10 Å². The van der Waals surface area contributed by atoms with Gasteiger partial charge in [-0.1, -0.05) is 46.8 Å². The van der Waals surface area contributed by atoms with E-state index >= 15 is 0 Å². The lowest BCUT2D eigenvalue weighted by Gasteiger charge is -2.31. The van der Waals surface area contributed by atoms with Crippen LogP contribution in [0.1, 0.15) is 46.3 Å². The number of aliphatic hydroxyl groups excluding tert-OH is 1. The van der Waals surface area contributed by atoms with Crippen molar-refractivity contribution in [2.24, 2.45) is 0 Å². The quantitative estimate of drug-likeness (QED) is 0.817. The summed E-state index contributed by atoms with van der Waals surface area (Å²) in [5.41, 5.74) is 0.822. The van der Waals surface area contributed by atoms with Crippen LogP contribution in [0.3, 0.4) is 0 Å². The first-order valence-corrected chi connectivity index (χ1v) is 8.17. The van der Waals surface area contributed by atoms with Gasteiger partial charge in [-0.2, -0.15) is 0 Å². The summed E-state index contributed by atoms with van der Waals surface area (Å²) in [6, 6.07) is 6.63. The normalized spacial score (nSPS) is 13.6. The number of aliphatic carboxylic acids is 1. The number of carboxylic acid groups (broad SMARTS) is 1. The first-order valence-electron chi connectivity index (χ1n) is 6.69. The van der Waals surface area contributed by atoms with Crippen molar-refractivity contribution in [2.45, 2.75) is 51.3 Å². The van der Waals surface area contributed by atoms with Crippen LogP contribution in [-0.2, 0) is 4.79 Å². The molecular formula is C15H23O4Si. The second kappa shape index (κ2) is 6.41. The Morgan fingerprint density at radius 3 is 2.05 bits per heavy atom. The van der Waals surface area contributed by atoms with Crippen molar-refractivity contribution in [1.82, 2.24) is 0 Å². The molecule has 4 nitrogen and oxygen atoms in total.